The molecule has 0 aromatic rings. The molecule has 0 aliphatic heterocycles. The summed E-state index contributed by atoms with van der Waals surface area (Å²) in [6.45, 7) is 6.44. The number of hydrogen-bond acceptors (Lipinski definition) is 2. The van der Waals surface area contributed by atoms with Crippen LogP contribution in [0.2, 0.25) is 0 Å². The molecule has 0 aromatic carbocycles. The van der Waals surface area contributed by atoms with Crippen molar-refractivity contribution >= 4 is 5.97 Å². The number of carboxylic acids is 1. The highest BCUT2D eigenvalue weighted by Gasteiger charge is 2.28. The fraction of sp³-hybridized carbons (Fsp3) is 0.909. The van der Waals surface area contributed by atoms with E-state index >= 15 is 0 Å². The summed E-state index contributed by atoms with van der Waals surface area (Å²) in [6, 6.07) is 0.721. The monoisotopic (exact) mass is 199 g/mol. The Morgan fingerprint density at radius 3 is 2.36 bits per heavy atom. The van der Waals surface area contributed by atoms with Crippen molar-refractivity contribution in [2.24, 2.45) is 5.92 Å². The Morgan fingerprint density at radius 2 is 2.00 bits per heavy atom. The predicted molar refractivity (Wildman–Crippen MR) is 56.3 cm³/mol. The van der Waals surface area contributed by atoms with Crippen molar-refractivity contribution in [1.82, 2.24) is 4.90 Å². The lowest BCUT2D eigenvalue weighted by Gasteiger charge is -2.31. The Morgan fingerprint density at radius 1 is 1.43 bits per heavy atom. The molecule has 82 valence electrons. The van der Waals surface area contributed by atoms with Crippen LogP contribution in [0.5, 0.6) is 0 Å². The molecule has 0 heterocycles. The maximum Gasteiger partial charge on any atom is 0.317 e. The van der Waals surface area contributed by atoms with Crippen LogP contribution in [0.4, 0.5) is 0 Å². The van der Waals surface area contributed by atoms with Gasteiger partial charge in [0, 0.05) is 12.1 Å². The van der Waals surface area contributed by atoms with Gasteiger partial charge >= 0.3 is 5.97 Å². The van der Waals surface area contributed by atoms with Crippen molar-refractivity contribution in [3.05, 3.63) is 0 Å². The molecule has 0 spiro atoms. The molecule has 1 aliphatic carbocycles. The van der Waals surface area contributed by atoms with Gasteiger partial charge in [-0.3, -0.25) is 9.69 Å². The van der Waals surface area contributed by atoms with E-state index in [0.29, 0.717) is 12.1 Å². The molecule has 3 heteroatoms. The van der Waals surface area contributed by atoms with Crippen LogP contribution < -0.4 is 0 Å². The Kier molecular flexibility index (Phi) is 3.93. The molecular weight excluding hydrogens is 178 g/mol. The van der Waals surface area contributed by atoms with Crippen molar-refractivity contribution in [1.29, 1.82) is 0 Å². The fourth-order valence-electron chi connectivity index (χ4n) is 1.97. The summed E-state index contributed by atoms with van der Waals surface area (Å²) in [4.78, 5) is 12.7. The van der Waals surface area contributed by atoms with Gasteiger partial charge in [-0.15, -0.1) is 0 Å². The first-order valence-electron chi connectivity index (χ1n) is 5.48. The molecule has 1 N–H and O–H groups in total. The first-order valence-corrected chi connectivity index (χ1v) is 5.48. The molecule has 1 atom stereocenters. The van der Waals surface area contributed by atoms with Gasteiger partial charge in [0.15, 0.2) is 0 Å². The molecule has 1 saturated carbocycles. The van der Waals surface area contributed by atoms with Gasteiger partial charge in [0.25, 0.3) is 0 Å². The zero-order valence-electron chi connectivity index (χ0n) is 9.36. The van der Waals surface area contributed by atoms with Crippen LogP contribution in [-0.2, 0) is 4.79 Å². The van der Waals surface area contributed by atoms with E-state index in [1.165, 1.54) is 12.8 Å². The largest absolute Gasteiger partial charge is 0.480 e. The second-order valence-electron chi connectivity index (χ2n) is 4.69. The van der Waals surface area contributed by atoms with E-state index in [-0.39, 0.29) is 6.54 Å². The molecule has 0 aromatic heterocycles. The summed E-state index contributed by atoms with van der Waals surface area (Å²) in [6.07, 6.45) is 3.83. The second-order valence-corrected chi connectivity index (χ2v) is 4.69. The van der Waals surface area contributed by atoms with E-state index < -0.39 is 5.97 Å². The van der Waals surface area contributed by atoms with Crippen LogP contribution in [0.3, 0.4) is 0 Å². The van der Waals surface area contributed by atoms with Crippen LogP contribution in [-0.4, -0.2) is 34.6 Å². The van der Waals surface area contributed by atoms with Crippen LogP contribution >= 0.6 is 0 Å². The SMILES string of the molecule is CC(C)N(CC(=O)O)C(C)CC1CC1. The Labute approximate surface area is 86.1 Å². The van der Waals surface area contributed by atoms with Crippen molar-refractivity contribution < 1.29 is 9.90 Å². The van der Waals surface area contributed by atoms with Gasteiger partial charge in [-0.05, 0) is 33.1 Å². The summed E-state index contributed by atoms with van der Waals surface area (Å²) >= 11 is 0. The zero-order valence-corrected chi connectivity index (χ0v) is 9.36. The molecule has 0 amide bonds. The van der Waals surface area contributed by atoms with E-state index in [0.717, 1.165) is 12.3 Å². The third-order valence-corrected chi connectivity index (χ3v) is 2.92. The maximum absolute atomic E-state index is 10.7. The van der Waals surface area contributed by atoms with Gasteiger partial charge in [0.1, 0.15) is 0 Å². The highest BCUT2D eigenvalue weighted by atomic mass is 16.4. The van der Waals surface area contributed by atoms with Crippen molar-refractivity contribution in [3.8, 4) is 0 Å². The van der Waals surface area contributed by atoms with E-state index in [2.05, 4.69) is 25.7 Å². The molecule has 3 nitrogen and oxygen atoms in total. The van der Waals surface area contributed by atoms with Gasteiger partial charge in [-0.2, -0.15) is 0 Å². The lowest BCUT2D eigenvalue weighted by molar-refractivity contribution is -0.139. The summed E-state index contributed by atoms with van der Waals surface area (Å²) in [5, 5.41) is 8.79. The van der Waals surface area contributed by atoms with Crippen LogP contribution in [0, 0.1) is 5.92 Å². The number of nitrogens with zero attached hydrogens (tertiary/aromatic N) is 1. The summed E-state index contributed by atoms with van der Waals surface area (Å²) in [7, 11) is 0. The standard InChI is InChI=1S/C11H21NO2/c1-8(2)12(7-11(13)14)9(3)6-10-4-5-10/h8-10H,4-7H2,1-3H3,(H,13,14). The third-order valence-electron chi connectivity index (χ3n) is 2.92. The van der Waals surface area contributed by atoms with Crippen LogP contribution in [0.25, 0.3) is 0 Å². The lowest BCUT2D eigenvalue weighted by Crippen LogP contribution is -2.42. The van der Waals surface area contributed by atoms with Crippen molar-refractivity contribution in [2.45, 2.75) is 52.1 Å². The minimum absolute atomic E-state index is 0.172. The molecule has 14 heavy (non-hydrogen) atoms. The minimum atomic E-state index is -0.721. The van der Waals surface area contributed by atoms with Gasteiger partial charge in [0.2, 0.25) is 0 Å². The zero-order chi connectivity index (χ0) is 10.7. The molecule has 1 fully saturated rings. The summed E-state index contributed by atoms with van der Waals surface area (Å²) in [5.41, 5.74) is 0. The fourth-order valence-corrected chi connectivity index (χ4v) is 1.97. The average Bonchev–Trinajstić information content (AvgIpc) is 2.82. The summed E-state index contributed by atoms with van der Waals surface area (Å²) in [5.74, 6) is 0.140. The van der Waals surface area contributed by atoms with Gasteiger partial charge in [-0.1, -0.05) is 12.8 Å². The van der Waals surface area contributed by atoms with Crippen molar-refractivity contribution in [3.63, 3.8) is 0 Å². The van der Waals surface area contributed by atoms with E-state index in [4.69, 9.17) is 5.11 Å². The molecular formula is C11H21NO2. The maximum atomic E-state index is 10.7. The number of aliphatic carboxylic acids is 1. The van der Waals surface area contributed by atoms with E-state index in [1.807, 2.05) is 0 Å². The predicted octanol–water partition coefficient (Wildman–Crippen LogP) is 1.97. The summed E-state index contributed by atoms with van der Waals surface area (Å²) < 4.78 is 0. The van der Waals surface area contributed by atoms with Crippen molar-refractivity contribution in [2.75, 3.05) is 6.54 Å². The third kappa shape index (κ3) is 3.66. The Bertz CT molecular complexity index is 199. The lowest BCUT2D eigenvalue weighted by atomic mass is 10.1. The molecule has 1 aliphatic rings. The minimum Gasteiger partial charge on any atom is -0.480 e. The molecule has 0 saturated heterocycles. The first kappa shape index (κ1) is 11.5. The molecule has 1 rings (SSSR count). The van der Waals surface area contributed by atoms with Gasteiger partial charge in [0.05, 0.1) is 6.54 Å². The smallest absolute Gasteiger partial charge is 0.317 e. The first-order chi connectivity index (χ1) is 6.50. The number of carbonyl (C=O) groups is 1. The van der Waals surface area contributed by atoms with Crippen LogP contribution in [0.15, 0.2) is 0 Å². The highest BCUT2D eigenvalue weighted by Crippen LogP contribution is 2.34. The quantitative estimate of drug-likeness (QED) is 0.711. The van der Waals surface area contributed by atoms with Crippen LogP contribution in [0.1, 0.15) is 40.0 Å². The molecule has 0 radical (unpaired) electrons. The molecule has 0 bridgehead atoms. The topological polar surface area (TPSA) is 40.5 Å². The van der Waals surface area contributed by atoms with E-state index in [1.54, 1.807) is 0 Å². The number of rotatable bonds is 6. The normalized spacial score (nSPS) is 18.9. The van der Waals surface area contributed by atoms with E-state index in [9.17, 15) is 4.79 Å². The average molecular weight is 199 g/mol. The number of carboxylic acid groups (broad SMARTS) is 1. The number of hydrogen-bond donors (Lipinski definition) is 1. The highest BCUT2D eigenvalue weighted by molar-refractivity contribution is 5.69. The second kappa shape index (κ2) is 4.78. The van der Waals surface area contributed by atoms with Gasteiger partial charge in [-0.25, -0.2) is 0 Å². The Balaban J connectivity index is 2.42. The Hall–Kier alpha value is -0.570. The molecule has 1 unspecified atom stereocenters. The van der Waals surface area contributed by atoms with Gasteiger partial charge < -0.3 is 5.11 Å².